The van der Waals surface area contributed by atoms with E-state index in [9.17, 15) is 27.6 Å². The summed E-state index contributed by atoms with van der Waals surface area (Å²) in [7, 11) is -3.02. The number of nitrogens with one attached hydrogen (secondary N) is 2. The van der Waals surface area contributed by atoms with Gasteiger partial charge in [-0.15, -0.1) is 11.6 Å². The first-order valence-corrected chi connectivity index (χ1v) is 14.8. The summed E-state index contributed by atoms with van der Waals surface area (Å²) in [6.07, 6.45) is -11.1. The molecule has 0 bridgehead atoms. The summed E-state index contributed by atoms with van der Waals surface area (Å²) in [6, 6.07) is 6.45. The van der Waals surface area contributed by atoms with Gasteiger partial charge in [-0.2, -0.15) is 28.2 Å². The maximum absolute atomic E-state index is 14.5. The number of aliphatic hydroxyl groups is 1. The van der Waals surface area contributed by atoms with Crippen LogP contribution in [-0.2, 0) is 23.4 Å². The van der Waals surface area contributed by atoms with Crippen LogP contribution >= 0.6 is 19.3 Å². The van der Waals surface area contributed by atoms with Crippen molar-refractivity contribution in [2.75, 3.05) is 24.7 Å². The molecule has 1 aliphatic rings. The fourth-order valence-electron chi connectivity index (χ4n) is 4.25. The molecule has 5 N–H and O–H groups in total. The Kier molecular flexibility index (Phi) is 9.44. The van der Waals surface area contributed by atoms with Crippen molar-refractivity contribution >= 4 is 48.2 Å². The molecule has 0 amide bonds. The number of alkyl halides is 4. The first-order valence-electron chi connectivity index (χ1n) is 12.8. The van der Waals surface area contributed by atoms with Gasteiger partial charge in [-0.25, -0.2) is 9.55 Å². The van der Waals surface area contributed by atoms with E-state index < -0.39 is 62.0 Å². The number of carbonyl (C=O) groups excluding carboxylic acids is 1. The molecule has 0 aliphatic carbocycles. The number of fused-ring (bicyclic) bond motifs is 1. The number of esters is 1. The van der Waals surface area contributed by atoms with Crippen molar-refractivity contribution in [1.82, 2.24) is 24.6 Å². The second-order valence-corrected chi connectivity index (χ2v) is 12.1. The van der Waals surface area contributed by atoms with Gasteiger partial charge in [-0.05, 0) is 32.9 Å². The minimum atomic E-state index is -5.24. The zero-order valence-corrected chi connectivity index (χ0v) is 24.9. The summed E-state index contributed by atoms with van der Waals surface area (Å²) < 4.78 is 79.8. The number of benzene rings is 1. The first kappa shape index (κ1) is 32.7. The molecule has 3 heterocycles. The van der Waals surface area contributed by atoms with Gasteiger partial charge >= 0.3 is 19.9 Å². The average Bonchev–Trinajstić information content (AvgIpc) is 3.45. The van der Waals surface area contributed by atoms with Crippen LogP contribution < -0.4 is 20.7 Å². The van der Waals surface area contributed by atoms with E-state index in [-0.39, 0.29) is 28.7 Å². The number of nitrogen functional groups attached to an aromatic ring is 1. The van der Waals surface area contributed by atoms with Crippen molar-refractivity contribution in [2.24, 2.45) is 0 Å². The highest BCUT2D eigenvalue weighted by atomic mass is 35.5. The van der Waals surface area contributed by atoms with Crippen LogP contribution in [0.15, 0.2) is 36.7 Å². The number of hydrogen-bond acceptors (Lipinski definition) is 12. The molecule has 0 spiro atoms. The lowest BCUT2D eigenvalue weighted by Crippen LogP contribution is -2.53. The molecule has 1 unspecified atom stereocenters. The highest BCUT2D eigenvalue weighted by molar-refractivity contribution is 7.52. The highest BCUT2D eigenvalue weighted by Crippen LogP contribution is 2.55. The second-order valence-electron chi connectivity index (χ2n) is 9.78. The van der Waals surface area contributed by atoms with Crippen molar-refractivity contribution in [3.05, 3.63) is 36.7 Å². The Morgan fingerprint density at radius 3 is 2.56 bits per heavy atom. The third kappa shape index (κ3) is 6.66. The lowest BCUT2D eigenvalue weighted by molar-refractivity contribution is -0.195. The second kappa shape index (κ2) is 12.4. The van der Waals surface area contributed by atoms with Crippen molar-refractivity contribution in [1.29, 1.82) is 0 Å². The van der Waals surface area contributed by atoms with E-state index in [1.54, 1.807) is 32.0 Å². The van der Waals surface area contributed by atoms with Crippen molar-refractivity contribution < 1.29 is 46.2 Å². The molecule has 1 fully saturated rings. The molecular weight excluding hydrogens is 622 g/mol. The summed E-state index contributed by atoms with van der Waals surface area (Å²) in [4.78, 5) is 20.9. The summed E-state index contributed by atoms with van der Waals surface area (Å²) >= 11 is 6.15. The summed E-state index contributed by atoms with van der Waals surface area (Å²) in [5.74, 6) is -0.891. The minimum Gasteiger partial charge on any atom is -0.462 e. The Hall–Kier alpha value is -3.21. The number of anilines is 2. The number of aromatic nitrogens is 4. The molecule has 19 heteroatoms. The van der Waals surface area contributed by atoms with Crippen LogP contribution in [0, 0.1) is 0 Å². The summed E-state index contributed by atoms with van der Waals surface area (Å²) in [5, 5.41) is 16.0. The highest BCUT2D eigenvalue weighted by Gasteiger charge is 2.71. The Morgan fingerprint density at radius 2 is 1.95 bits per heavy atom. The SMILES string of the molecule is CNc1nc(N)nc2c1ncn2[C@@H]1O[C@H](CO[P@@](=O)(NC(C)C(=O)OC(C)C)Oc2ccccc2)[C@@H](O)[C@]1(Cl)C(F)(F)F. The number of imidazole rings is 1. The Balaban J connectivity index is 1.65. The van der Waals surface area contributed by atoms with Crippen LogP contribution in [0.3, 0.4) is 0 Å². The van der Waals surface area contributed by atoms with Gasteiger partial charge in [0.2, 0.25) is 10.8 Å². The standard InChI is InChI=1S/C24H30ClF3N7O7P/c1-12(2)40-20(37)13(3)34-43(38,42-14-8-6-5-7-9-14)39-10-15-17(36)23(25,24(26,27)28)21(41-15)35-11-31-16-18(30-4)32-22(29)33-19(16)35/h5-9,11-13,15,17,21,36H,10H2,1-4H3,(H,34,38)(H3,29,30,32,33)/t13?,15-,17-,21-,23-,43+/m1/s1. The lowest BCUT2D eigenvalue weighted by Gasteiger charge is -2.32. The number of ether oxygens (including phenoxy) is 2. The fraction of sp³-hybridized carbons (Fsp3) is 0.500. The molecule has 14 nitrogen and oxygen atoms in total. The molecular formula is C24H30ClF3N7O7P. The molecule has 4 rings (SSSR count). The number of halogens is 4. The van der Waals surface area contributed by atoms with E-state index in [0.717, 1.165) is 10.9 Å². The molecule has 2 aromatic heterocycles. The monoisotopic (exact) mass is 651 g/mol. The average molecular weight is 652 g/mol. The van der Waals surface area contributed by atoms with E-state index >= 15 is 0 Å². The van der Waals surface area contributed by atoms with Crippen LogP contribution in [0.5, 0.6) is 5.75 Å². The van der Waals surface area contributed by atoms with E-state index in [1.807, 2.05) is 0 Å². The molecule has 0 saturated carbocycles. The van der Waals surface area contributed by atoms with Gasteiger partial charge in [0.15, 0.2) is 23.2 Å². The number of carbonyl (C=O) groups is 1. The van der Waals surface area contributed by atoms with Crippen molar-refractivity contribution in [3.63, 3.8) is 0 Å². The van der Waals surface area contributed by atoms with E-state index in [2.05, 4.69) is 25.4 Å². The Bertz CT molecular complexity index is 1500. The smallest absolute Gasteiger partial charge is 0.459 e. The third-order valence-electron chi connectivity index (χ3n) is 6.24. The molecule has 0 radical (unpaired) electrons. The number of aliphatic hydroxyl groups excluding tert-OH is 1. The maximum atomic E-state index is 14.5. The van der Waals surface area contributed by atoms with Gasteiger partial charge in [-0.1, -0.05) is 18.2 Å². The number of para-hydroxylation sites is 1. The Labute approximate surface area is 248 Å². The van der Waals surface area contributed by atoms with Gasteiger partial charge in [0.25, 0.3) is 0 Å². The lowest BCUT2D eigenvalue weighted by atomic mass is 9.98. The van der Waals surface area contributed by atoms with Gasteiger partial charge in [0, 0.05) is 7.05 Å². The topological polar surface area (TPSA) is 185 Å². The largest absolute Gasteiger partial charge is 0.462 e. The molecule has 236 valence electrons. The number of rotatable bonds is 11. The number of nitrogens with two attached hydrogens (primary N) is 1. The first-order chi connectivity index (χ1) is 20.1. The van der Waals surface area contributed by atoms with E-state index in [1.165, 1.54) is 26.1 Å². The minimum absolute atomic E-state index is 0.0537. The van der Waals surface area contributed by atoms with Crippen LogP contribution in [0.2, 0.25) is 0 Å². The molecule has 1 saturated heterocycles. The zero-order valence-electron chi connectivity index (χ0n) is 23.3. The number of hydrogen-bond donors (Lipinski definition) is 4. The maximum Gasteiger partial charge on any atom is 0.459 e. The van der Waals surface area contributed by atoms with E-state index in [4.69, 9.17) is 35.9 Å². The van der Waals surface area contributed by atoms with Gasteiger partial charge in [0.1, 0.15) is 24.0 Å². The molecule has 1 aromatic carbocycles. The third-order valence-corrected chi connectivity index (χ3v) is 8.51. The molecule has 6 atom stereocenters. The molecule has 43 heavy (non-hydrogen) atoms. The van der Waals surface area contributed by atoms with Crippen molar-refractivity contribution in [2.45, 2.75) is 62.4 Å². The quantitative estimate of drug-likeness (QED) is 0.134. The molecule has 3 aromatic rings. The van der Waals surface area contributed by atoms with Crippen LogP contribution in [-0.4, -0.2) is 79.7 Å². The summed E-state index contributed by atoms with van der Waals surface area (Å²) in [5.41, 5.74) is 5.62. The predicted molar refractivity (Wildman–Crippen MR) is 148 cm³/mol. The summed E-state index contributed by atoms with van der Waals surface area (Å²) in [6.45, 7) is 3.63. The zero-order chi connectivity index (χ0) is 31.7. The van der Waals surface area contributed by atoms with Gasteiger partial charge < -0.3 is 30.2 Å². The van der Waals surface area contributed by atoms with E-state index in [0.29, 0.717) is 0 Å². The van der Waals surface area contributed by atoms with Crippen LogP contribution in [0.1, 0.15) is 27.0 Å². The van der Waals surface area contributed by atoms with Gasteiger partial charge in [0.05, 0.1) is 19.0 Å². The number of nitrogens with zero attached hydrogens (tertiary/aromatic N) is 4. The normalized spacial score (nSPS) is 24.6. The fourth-order valence-corrected chi connectivity index (χ4v) is 6.05. The van der Waals surface area contributed by atoms with Crippen LogP contribution in [0.25, 0.3) is 11.2 Å². The van der Waals surface area contributed by atoms with Gasteiger partial charge in [-0.3, -0.25) is 13.9 Å². The Morgan fingerprint density at radius 1 is 1.28 bits per heavy atom. The molecule has 1 aliphatic heterocycles. The van der Waals surface area contributed by atoms with Crippen LogP contribution in [0.4, 0.5) is 24.9 Å². The van der Waals surface area contributed by atoms with Crippen molar-refractivity contribution in [3.8, 4) is 5.75 Å². The predicted octanol–water partition coefficient (Wildman–Crippen LogP) is 3.38.